The maximum atomic E-state index is 14.4. The van der Waals surface area contributed by atoms with Gasteiger partial charge in [0.1, 0.15) is 6.04 Å². The van der Waals surface area contributed by atoms with Gasteiger partial charge in [0.15, 0.2) is 0 Å². The third-order valence-electron chi connectivity index (χ3n) is 8.90. The topological polar surface area (TPSA) is 75.7 Å². The molecule has 2 amide bonds. The van der Waals surface area contributed by atoms with E-state index in [1.54, 1.807) is 36.4 Å². The van der Waals surface area contributed by atoms with Gasteiger partial charge < -0.3 is 4.74 Å². The Morgan fingerprint density at radius 2 is 1.50 bits per heavy atom. The van der Waals surface area contributed by atoms with Crippen molar-refractivity contribution in [3.05, 3.63) is 69.7 Å². The summed E-state index contributed by atoms with van der Waals surface area (Å²) in [7, 11) is 1.30. The van der Waals surface area contributed by atoms with Crippen LogP contribution in [0.2, 0.25) is 10.0 Å². The number of hydrogen-bond acceptors (Lipinski definition) is 5. The minimum Gasteiger partial charge on any atom is -0.468 e. The molecule has 0 radical (unpaired) electrons. The third-order valence-corrected chi connectivity index (χ3v) is 9.37. The van der Waals surface area contributed by atoms with Gasteiger partial charge in [-0.3, -0.25) is 24.6 Å². The van der Waals surface area contributed by atoms with E-state index in [-0.39, 0.29) is 23.3 Å². The van der Waals surface area contributed by atoms with E-state index in [0.717, 1.165) is 25.7 Å². The standard InChI is InChI=1S/C30H34Cl2N2O4/c1-29(2,3)17-11-13-22(14-12-17)34-26(35)23-24(27(34)36)30(33-25(23)28(37)38-4,18-7-5-9-20(31)15-18)19-8-6-10-21(32)16-19/h5-10,15-17,22-25,33H,11-14H2,1-4H3/t17?,22?,23-,24+,25+/m0/s1. The number of methoxy groups -OCH3 is 1. The van der Waals surface area contributed by atoms with Gasteiger partial charge in [0.2, 0.25) is 11.8 Å². The molecule has 0 bridgehead atoms. The van der Waals surface area contributed by atoms with Crippen LogP contribution in [0.4, 0.5) is 0 Å². The fraction of sp³-hybridized carbons (Fsp3) is 0.500. The highest BCUT2D eigenvalue weighted by Crippen LogP contribution is 2.53. The highest BCUT2D eigenvalue weighted by atomic mass is 35.5. The molecule has 202 valence electrons. The number of nitrogens with zero attached hydrogens (tertiary/aromatic N) is 1. The quantitative estimate of drug-likeness (QED) is 0.392. The van der Waals surface area contributed by atoms with Crippen molar-refractivity contribution in [3.8, 4) is 0 Å². The molecule has 2 heterocycles. The number of fused-ring (bicyclic) bond motifs is 1. The molecule has 1 N–H and O–H groups in total. The monoisotopic (exact) mass is 556 g/mol. The lowest BCUT2D eigenvalue weighted by molar-refractivity contribution is -0.150. The Bertz CT molecular complexity index is 1220. The molecule has 1 aliphatic carbocycles. The van der Waals surface area contributed by atoms with Crippen LogP contribution >= 0.6 is 23.2 Å². The first-order valence-corrected chi connectivity index (χ1v) is 14.0. The zero-order chi connectivity index (χ0) is 27.4. The molecular weight excluding hydrogens is 523 g/mol. The van der Waals surface area contributed by atoms with Gasteiger partial charge in [-0.25, -0.2) is 0 Å². The largest absolute Gasteiger partial charge is 0.468 e. The Morgan fingerprint density at radius 1 is 0.947 bits per heavy atom. The normalized spacial score (nSPS) is 28.9. The van der Waals surface area contributed by atoms with Crippen molar-refractivity contribution in [2.24, 2.45) is 23.2 Å². The van der Waals surface area contributed by atoms with Crippen molar-refractivity contribution in [2.45, 2.75) is 64.1 Å². The second-order valence-electron chi connectivity index (χ2n) is 11.9. The summed E-state index contributed by atoms with van der Waals surface area (Å²) in [5, 5.41) is 4.36. The summed E-state index contributed by atoms with van der Waals surface area (Å²) in [6.45, 7) is 6.72. The van der Waals surface area contributed by atoms with Gasteiger partial charge in [-0.1, -0.05) is 68.2 Å². The molecule has 1 saturated carbocycles. The molecular formula is C30H34Cl2N2O4. The van der Waals surface area contributed by atoms with E-state index in [2.05, 4.69) is 26.1 Å². The first kappa shape index (κ1) is 27.2. The van der Waals surface area contributed by atoms with E-state index < -0.39 is 29.4 Å². The fourth-order valence-corrected chi connectivity index (χ4v) is 7.36. The lowest BCUT2D eigenvalue weighted by Gasteiger charge is -2.41. The van der Waals surface area contributed by atoms with E-state index in [1.165, 1.54) is 12.0 Å². The molecule has 3 aliphatic rings. The number of likely N-dealkylation sites (tertiary alicyclic amines) is 1. The Morgan fingerprint density at radius 3 is 1.97 bits per heavy atom. The van der Waals surface area contributed by atoms with Crippen LogP contribution in [-0.4, -0.2) is 41.9 Å². The average molecular weight is 558 g/mol. The number of esters is 1. The molecule has 2 saturated heterocycles. The van der Waals surface area contributed by atoms with Gasteiger partial charge in [-0.15, -0.1) is 0 Å². The lowest BCUT2D eigenvalue weighted by atomic mass is 9.71. The molecule has 3 atom stereocenters. The van der Waals surface area contributed by atoms with E-state index in [0.29, 0.717) is 27.1 Å². The van der Waals surface area contributed by atoms with Crippen LogP contribution in [0.15, 0.2) is 48.5 Å². The van der Waals surface area contributed by atoms with Crippen molar-refractivity contribution in [3.63, 3.8) is 0 Å². The molecule has 0 unspecified atom stereocenters. The summed E-state index contributed by atoms with van der Waals surface area (Å²) in [5.41, 5.74) is 0.347. The summed E-state index contributed by atoms with van der Waals surface area (Å²) in [6, 6.07) is 13.2. The van der Waals surface area contributed by atoms with E-state index >= 15 is 0 Å². The molecule has 0 spiro atoms. The third kappa shape index (κ3) is 4.35. The van der Waals surface area contributed by atoms with Crippen molar-refractivity contribution in [2.75, 3.05) is 7.11 Å². The number of benzene rings is 2. The van der Waals surface area contributed by atoms with Crippen LogP contribution in [0.25, 0.3) is 0 Å². The number of carbonyl (C=O) groups excluding carboxylic acids is 3. The first-order chi connectivity index (χ1) is 18.0. The van der Waals surface area contributed by atoms with Gasteiger partial charge in [0, 0.05) is 16.1 Å². The number of amides is 2. The Hall–Kier alpha value is -2.41. The molecule has 5 rings (SSSR count). The maximum Gasteiger partial charge on any atom is 0.323 e. The Kier molecular flexibility index (Phi) is 7.12. The van der Waals surface area contributed by atoms with Crippen LogP contribution in [0.1, 0.15) is 57.6 Å². The second kappa shape index (κ2) is 9.96. The predicted molar refractivity (Wildman–Crippen MR) is 147 cm³/mol. The van der Waals surface area contributed by atoms with Crippen LogP contribution in [0, 0.1) is 23.2 Å². The van der Waals surface area contributed by atoms with Crippen molar-refractivity contribution >= 4 is 41.0 Å². The number of ether oxygens (including phenoxy) is 1. The summed E-state index contributed by atoms with van der Waals surface area (Å²) in [5.74, 6) is -2.39. The van der Waals surface area contributed by atoms with Crippen molar-refractivity contribution in [1.29, 1.82) is 0 Å². The molecule has 3 fully saturated rings. The SMILES string of the molecule is COC(=O)[C@@H]1NC(c2cccc(Cl)c2)(c2cccc(Cl)c2)[C@H]2C(=O)N(C3CCC(C(C)(C)C)CC3)C(=O)[C@H]12. The minimum atomic E-state index is -1.20. The van der Waals surface area contributed by atoms with Gasteiger partial charge in [0.05, 0.1) is 24.5 Å². The minimum absolute atomic E-state index is 0.175. The average Bonchev–Trinajstić information content (AvgIpc) is 3.37. The summed E-state index contributed by atoms with van der Waals surface area (Å²) >= 11 is 12.9. The van der Waals surface area contributed by atoms with Crippen LogP contribution in [0.3, 0.4) is 0 Å². The number of nitrogens with one attached hydrogen (secondary N) is 1. The van der Waals surface area contributed by atoms with Gasteiger partial charge >= 0.3 is 5.97 Å². The number of carbonyl (C=O) groups is 3. The molecule has 0 aromatic heterocycles. The number of imide groups is 1. The van der Waals surface area contributed by atoms with E-state index in [9.17, 15) is 14.4 Å². The summed E-state index contributed by atoms with van der Waals surface area (Å²) in [4.78, 5) is 43.1. The highest BCUT2D eigenvalue weighted by Gasteiger charge is 2.68. The Balaban J connectivity index is 1.63. The highest BCUT2D eigenvalue weighted by molar-refractivity contribution is 6.31. The molecule has 8 heteroatoms. The molecule has 6 nitrogen and oxygen atoms in total. The molecule has 2 aliphatic heterocycles. The van der Waals surface area contributed by atoms with Gasteiger partial charge in [-0.05, 0) is 72.4 Å². The number of rotatable bonds is 4. The predicted octanol–water partition coefficient (Wildman–Crippen LogP) is 5.59. The first-order valence-electron chi connectivity index (χ1n) is 13.2. The summed E-state index contributed by atoms with van der Waals surface area (Å²) in [6.07, 6.45) is 3.42. The number of hydrogen-bond donors (Lipinski definition) is 1. The second-order valence-corrected chi connectivity index (χ2v) is 12.8. The summed E-state index contributed by atoms with van der Waals surface area (Å²) < 4.78 is 5.14. The van der Waals surface area contributed by atoms with Gasteiger partial charge in [-0.2, -0.15) is 0 Å². The molecule has 2 aromatic rings. The van der Waals surface area contributed by atoms with Crippen molar-refractivity contribution in [1.82, 2.24) is 10.2 Å². The van der Waals surface area contributed by atoms with Gasteiger partial charge in [0.25, 0.3) is 0 Å². The van der Waals surface area contributed by atoms with Crippen molar-refractivity contribution < 1.29 is 19.1 Å². The van der Waals surface area contributed by atoms with Crippen LogP contribution in [-0.2, 0) is 24.7 Å². The lowest BCUT2D eigenvalue weighted by Crippen LogP contribution is -2.53. The smallest absolute Gasteiger partial charge is 0.323 e. The van der Waals surface area contributed by atoms with Crippen LogP contribution < -0.4 is 5.32 Å². The molecule has 2 aromatic carbocycles. The molecule has 38 heavy (non-hydrogen) atoms. The van der Waals surface area contributed by atoms with E-state index in [4.69, 9.17) is 27.9 Å². The zero-order valence-corrected chi connectivity index (χ0v) is 23.7. The number of halogens is 2. The Labute approximate surface area is 234 Å². The maximum absolute atomic E-state index is 14.4. The van der Waals surface area contributed by atoms with E-state index in [1.807, 2.05) is 12.1 Å². The fourth-order valence-electron chi connectivity index (χ4n) is 6.98. The zero-order valence-electron chi connectivity index (χ0n) is 22.2. The van der Waals surface area contributed by atoms with Crippen LogP contribution in [0.5, 0.6) is 0 Å².